The lowest BCUT2D eigenvalue weighted by molar-refractivity contribution is -0.494. The molecule has 1 aromatic heterocycles. The van der Waals surface area contributed by atoms with Gasteiger partial charge in [-0.15, -0.1) is 0 Å². The normalized spacial score (nSPS) is 31.8. The Morgan fingerprint density at radius 1 is 0.821 bits per heavy atom. The van der Waals surface area contributed by atoms with Gasteiger partial charge in [-0.1, -0.05) is 0 Å². The second-order valence-electron chi connectivity index (χ2n) is 11.6. The third-order valence-corrected chi connectivity index (χ3v) is 7.60. The van der Waals surface area contributed by atoms with Crippen molar-refractivity contribution in [3.8, 4) is 0 Å². The number of hydrogen-bond acceptors (Lipinski definition) is 28. The van der Waals surface area contributed by atoms with Crippen molar-refractivity contribution in [2.45, 2.75) is 80.2 Å². The van der Waals surface area contributed by atoms with Crippen LogP contribution < -0.4 is 5.73 Å². The van der Waals surface area contributed by atoms with Gasteiger partial charge in [-0.05, 0) is 0 Å². The Morgan fingerprint density at radius 2 is 1.38 bits per heavy atom. The molecule has 302 valence electrons. The van der Waals surface area contributed by atoms with Crippen LogP contribution in [0.25, 0.3) is 0 Å². The van der Waals surface area contributed by atoms with Crippen LogP contribution in [0.4, 0.5) is 0 Å². The van der Waals surface area contributed by atoms with Crippen LogP contribution in [0.3, 0.4) is 0 Å². The van der Waals surface area contributed by atoms with Crippen LogP contribution in [-0.4, -0.2) is 137 Å². The van der Waals surface area contributed by atoms with Crippen LogP contribution in [0.2, 0.25) is 0 Å². The highest BCUT2D eigenvalue weighted by atomic mass is 17.2. The topological polar surface area (TPSA) is 408 Å². The molecule has 2 spiro atoms. The number of aromatic amines is 1. The highest BCUT2D eigenvalue weighted by molar-refractivity contribution is 5.99. The molecule has 1 aromatic rings. The van der Waals surface area contributed by atoms with E-state index in [9.17, 15) is 68.1 Å². The molecule has 0 radical (unpaired) electrons. The molecule has 4 aliphatic heterocycles. The van der Waals surface area contributed by atoms with Crippen LogP contribution in [0, 0.1) is 0 Å². The average Bonchev–Trinajstić information content (AvgIpc) is 3.61. The largest absolute Gasteiger partial charge is 0.448 e. The number of imidazole rings is 1. The fraction of sp³-hybridized carbons (Fsp3) is 0.481. The number of fused-ring (bicyclic) bond motifs is 2. The first-order valence-electron chi connectivity index (χ1n) is 15.2. The lowest BCUT2D eigenvalue weighted by atomic mass is 9.89. The minimum absolute atomic E-state index is 0.110. The van der Waals surface area contributed by atoms with Gasteiger partial charge >= 0.3 is 83.0 Å². The van der Waals surface area contributed by atoms with Crippen molar-refractivity contribution in [2.75, 3.05) is 0 Å². The average molecular weight is 804 g/mol. The van der Waals surface area contributed by atoms with Crippen LogP contribution in [0.5, 0.6) is 0 Å². The zero-order valence-corrected chi connectivity index (χ0v) is 27.7. The first-order valence-corrected chi connectivity index (χ1v) is 15.2. The number of carbonyl (C=O) groups excluding carboxylic acids is 11. The van der Waals surface area contributed by atoms with Crippen LogP contribution in [-0.2, 0) is 112 Å². The number of nitrogens with one attached hydrogen (secondary N) is 1. The second kappa shape index (κ2) is 14.8. The summed E-state index contributed by atoms with van der Waals surface area (Å²) in [5.41, 5.74) is -2.25. The number of hydroxylamine groups is 2. The molecule has 56 heavy (non-hydrogen) atoms. The van der Waals surface area contributed by atoms with Gasteiger partial charge in [-0.2, -0.15) is 0 Å². The van der Waals surface area contributed by atoms with Gasteiger partial charge in [0.15, 0.2) is 17.8 Å². The van der Waals surface area contributed by atoms with Crippen molar-refractivity contribution < 1.29 is 121 Å². The fourth-order valence-electron chi connectivity index (χ4n) is 5.05. The third kappa shape index (κ3) is 6.97. The lowest BCUT2D eigenvalue weighted by Gasteiger charge is -2.51. The summed E-state index contributed by atoms with van der Waals surface area (Å²) in [7, 11) is 0. The zero-order chi connectivity index (χ0) is 41.4. The van der Waals surface area contributed by atoms with E-state index < -0.39 is 144 Å². The van der Waals surface area contributed by atoms with E-state index in [1.807, 2.05) is 0 Å². The predicted octanol–water partition coefficient (Wildman–Crippen LogP) is -6.61. The number of rotatable bonds is 6. The van der Waals surface area contributed by atoms with Gasteiger partial charge in [0.1, 0.15) is 11.3 Å². The molecular formula is C27H24N4O25. The summed E-state index contributed by atoms with van der Waals surface area (Å²) in [5.74, 6) is -34.1. The summed E-state index contributed by atoms with van der Waals surface area (Å²) in [6, 6.07) is -1.96. The molecule has 6 unspecified atom stereocenters. The number of ether oxygens (including phenoxy) is 5. The smallest absolute Gasteiger partial charge is 0.419 e. The molecule has 4 fully saturated rings. The monoisotopic (exact) mass is 804 g/mol. The Kier molecular flexibility index (Phi) is 10.7. The van der Waals surface area contributed by atoms with E-state index in [0.717, 1.165) is 12.5 Å². The molecule has 29 heteroatoms. The minimum atomic E-state index is -4.93. The number of hydrogen-bond donors (Lipinski definition) is 5. The summed E-state index contributed by atoms with van der Waals surface area (Å²) >= 11 is 0. The number of H-pyrrole nitrogens is 1. The molecule has 0 saturated carbocycles. The van der Waals surface area contributed by atoms with E-state index in [-0.39, 0.29) is 5.69 Å². The quantitative estimate of drug-likeness (QED) is 0.0772. The Morgan fingerprint density at radius 3 is 1.95 bits per heavy atom. The third-order valence-electron chi connectivity index (χ3n) is 7.60. The van der Waals surface area contributed by atoms with Crippen molar-refractivity contribution >= 4 is 65.7 Å². The first kappa shape index (κ1) is 40.4. The van der Waals surface area contributed by atoms with Gasteiger partial charge in [0.25, 0.3) is 0 Å². The van der Waals surface area contributed by atoms with Gasteiger partial charge in [0.05, 0.1) is 32.0 Å². The zero-order valence-electron chi connectivity index (χ0n) is 27.7. The summed E-state index contributed by atoms with van der Waals surface area (Å²) < 4.78 is 25.4. The van der Waals surface area contributed by atoms with Gasteiger partial charge in [0, 0.05) is 25.2 Å². The highest BCUT2D eigenvalue weighted by Gasteiger charge is 2.91. The van der Waals surface area contributed by atoms with E-state index in [4.69, 9.17) is 39.1 Å². The number of esters is 5. The molecule has 5 heterocycles. The van der Waals surface area contributed by atoms with E-state index >= 15 is 0 Å². The van der Waals surface area contributed by atoms with Gasteiger partial charge in [-0.25, -0.2) is 53.3 Å². The molecule has 4 saturated heterocycles. The van der Waals surface area contributed by atoms with E-state index in [1.54, 1.807) is 0 Å². The summed E-state index contributed by atoms with van der Waals surface area (Å²) in [4.78, 5) is 180. The molecule has 0 aliphatic carbocycles. The highest BCUT2D eigenvalue weighted by Crippen LogP contribution is 2.52. The van der Waals surface area contributed by atoms with Crippen molar-refractivity contribution in [3.05, 3.63) is 18.2 Å². The predicted molar refractivity (Wildman–Crippen MR) is 148 cm³/mol. The lowest BCUT2D eigenvalue weighted by Crippen LogP contribution is -2.84. The molecule has 6 N–H and O–H groups in total. The number of aliphatic hydroxyl groups is 3. The second-order valence-corrected chi connectivity index (χ2v) is 11.6. The molecule has 5 rings (SSSR count). The maximum Gasteiger partial charge on any atom is 0.448 e. The Bertz CT molecular complexity index is 1900. The standard InChI is InChI=1S/C27H24N4O25/c1-9(32)51-31(52-18(39)11(28)4-10-7-29-8-30-10)25-22(43)55-53-19(40)16(37)17(38)20(41)54-56-23(44)26-27(25,48-13(34)3-2-12(33)46-25)49-15(36)6-24(45,21(42)50-26)5-14(35)47-26/h7-8,11,16-17,37-38,45H,2-6,28H2,1H3,(H,29,30)/t11?,16?,17?,24?,25-,26?,27?/m0/s1. The number of aromatic nitrogens is 2. The molecule has 7 atom stereocenters. The maximum absolute atomic E-state index is 14.5. The van der Waals surface area contributed by atoms with E-state index in [2.05, 4.69) is 29.5 Å². The first-order chi connectivity index (χ1) is 26.2. The number of nitrogens with two attached hydrogens (primary N) is 1. The van der Waals surface area contributed by atoms with Gasteiger partial charge in [0.2, 0.25) is 0 Å². The van der Waals surface area contributed by atoms with Crippen LogP contribution >= 0.6 is 0 Å². The Balaban J connectivity index is 1.91. The molecule has 0 amide bonds. The van der Waals surface area contributed by atoms with Crippen molar-refractivity contribution in [2.24, 2.45) is 5.73 Å². The number of nitrogens with zero attached hydrogens (tertiary/aromatic N) is 2. The van der Waals surface area contributed by atoms with Gasteiger partial charge in [-0.3, -0.25) is 24.0 Å². The fourth-order valence-corrected chi connectivity index (χ4v) is 5.05. The molecule has 29 nitrogen and oxygen atoms in total. The van der Waals surface area contributed by atoms with Crippen molar-refractivity contribution in [1.82, 2.24) is 15.2 Å². The van der Waals surface area contributed by atoms with E-state index in [0.29, 0.717) is 6.92 Å². The number of aliphatic hydroxyl groups excluding tert-OH is 2. The van der Waals surface area contributed by atoms with Crippen molar-refractivity contribution in [3.63, 3.8) is 0 Å². The SMILES string of the molecule is CC(=O)ON(OC(=O)C(N)Cc1cnc[nH]1)[C@@]12OC(=O)CCC(=O)OC13OC(=O)CC1(O)CC(=O)OC3(OC1=O)C(=O)OOC(=O)C(O)C(O)C(=O)OOC2=O. The van der Waals surface area contributed by atoms with Crippen LogP contribution in [0.1, 0.15) is 38.3 Å². The molecule has 4 aliphatic rings. The Labute approximate surface area is 306 Å². The minimum Gasteiger partial charge on any atom is -0.419 e. The maximum atomic E-state index is 14.5. The molecule has 2 bridgehead atoms. The number of carbonyl (C=O) groups is 11. The molecule has 0 aromatic carbocycles. The van der Waals surface area contributed by atoms with E-state index in [1.165, 1.54) is 0 Å². The van der Waals surface area contributed by atoms with Crippen molar-refractivity contribution in [1.29, 1.82) is 0 Å². The molecular weight excluding hydrogens is 780 g/mol. The summed E-state index contributed by atoms with van der Waals surface area (Å²) in [5, 5.41) is 30.2. The van der Waals surface area contributed by atoms with Crippen LogP contribution in [0.15, 0.2) is 12.5 Å². The summed E-state index contributed by atoms with van der Waals surface area (Å²) in [6.45, 7) is 0.466. The van der Waals surface area contributed by atoms with Gasteiger partial charge < -0.3 is 59.4 Å². The Hall–Kier alpha value is -6.82. The summed E-state index contributed by atoms with van der Waals surface area (Å²) in [6.07, 6.45) is -10.4.